The van der Waals surface area contributed by atoms with E-state index in [4.69, 9.17) is 5.11 Å². The predicted octanol–water partition coefficient (Wildman–Crippen LogP) is 4.14. The lowest BCUT2D eigenvalue weighted by molar-refractivity contribution is -0.142. The zero-order valence-electron chi connectivity index (χ0n) is 15.5. The molecule has 0 saturated carbocycles. The zero-order chi connectivity index (χ0) is 18.3. The SMILES string of the molecule is CC(C)(CCCc1ccccc1)C(=O)N1CCCC(CCC(=O)O)C1. The topological polar surface area (TPSA) is 57.6 Å². The average molecular weight is 345 g/mol. The fourth-order valence-corrected chi connectivity index (χ4v) is 3.73. The highest BCUT2D eigenvalue weighted by Gasteiger charge is 2.34. The van der Waals surface area contributed by atoms with Crippen LogP contribution in [-0.4, -0.2) is 35.0 Å². The van der Waals surface area contributed by atoms with E-state index in [0.29, 0.717) is 18.9 Å². The zero-order valence-corrected chi connectivity index (χ0v) is 15.5. The lowest BCUT2D eigenvalue weighted by atomic mass is 9.83. The number of carbonyl (C=O) groups is 2. The van der Waals surface area contributed by atoms with Gasteiger partial charge in [0.2, 0.25) is 5.91 Å². The minimum Gasteiger partial charge on any atom is -0.481 e. The Labute approximate surface area is 151 Å². The fraction of sp³-hybridized carbons (Fsp3) is 0.619. The molecule has 1 amide bonds. The Morgan fingerprint density at radius 3 is 2.64 bits per heavy atom. The van der Waals surface area contributed by atoms with Crippen molar-refractivity contribution in [1.82, 2.24) is 4.90 Å². The van der Waals surface area contributed by atoms with Gasteiger partial charge in [-0.3, -0.25) is 9.59 Å². The minimum atomic E-state index is -0.746. The normalized spacial score (nSPS) is 18.2. The van der Waals surface area contributed by atoms with Crippen LogP contribution in [0.4, 0.5) is 0 Å². The Morgan fingerprint density at radius 1 is 1.24 bits per heavy atom. The minimum absolute atomic E-state index is 0.202. The summed E-state index contributed by atoms with van der Waals surface area (Å²) in [6.45, 7) is 5.61. The Morgan fingerprint density at radius 2 is 1.96 bits per heavy atom. The van der Waals surface area contributed by atoms with Crippen molar-refractivity contribution < 1.29 is 14.7 Å². The first-order chi connectivity index (χ1) is 11.9. The number of likely N-dealkylation sites (tertiary alicyclic amines) is 1. The number of aryl methyl sites for hydroxylation is 1. The van der Waals surface area contributed by atoms with E-state index in [2.05, 4.69) is 24.3 Å². The van der Waals surface area contributed by atoms with E-state index in [1.807, 2.05) is 24.8 Å². The number of piperidine rings is 1. The number of hydrogen-bond donors (Lipinski definition) is 1. The van der Waals surface area contributed by atoms with E-state index in [1.165, 1.54) is 5.56 Å². The Balaban J connectivity index is 1.83. The van der Waals surface area contributed by atoms with E-state index < -0.39 is 5.97 Å². The molecular formula is C21H31NO3. The third-order valence-corrected chi connectivity index (χ3v) is 5.26. The molecular weight excluding hydrogens is 314 g/mol. The van der Waals surface area contributed by atoms with Gasteiger partial charge in [0.25, 0.3) is 0 Å². The second-order valence-electron chi connectivity index (χ2n) is 7.91. The van der Waals surface area contributed by atoms with Crippen molar-refractivity contribution in [3.05, 3.63) is 35.9 Å². The van der Waals surface area contributed by atoms with Gasteiger partial charge in [-0.15, -0.1) is 0 Å². The van der Waals surface area contributed by atoms with Crippen LogP contribution in [0.3, 0.4) is 0 Å². The summed E-state index contributed by atoms with van der Waals surface area (Å²) in [5, 5.41) is 8.86. The van der Waals surface area contributed by atoms with E-state index in [-0.39, 0.29) is 17.7 Å². The van der Waals surface area contributed by atoms with E-state index in [1.54, 1.807) is 0 Å². The maximum atomic E-state index is 13.0. The van der Waals surface area contributed by atoms with Gasteiger partial charge in [0.1, 0.15) is 0 Å². The molecule has 1 heterocycles. The molecule has 4 heteroatoms. The van der Waals surface area contributed by atoms with Gasteiger partial charge in [-0.05, 0) is 50.0 Å². The number of aliphatic carboxylic acids is 1. The molecule has 0 aromatic heterocycles. The van der Waals surface area contributed by atoms with Crippen LogP contribution in [-0.2, 0) is 16.0 Å². The molecule has 1 unspecified atom stereocenters. The van der Waals surface area contributed by atoms with Gasteiger partial charge in [-0.25, -0.2) is 0 Å². The fourth-order valence-electron chi connectivity index (χ4n) is 3.73. The number of carboxylic acid groups (broad SMARTS) is 1. The monoisotopic (exact) mass is 345 g/mol. The molecule has 1 atom stereocenters. The van der Waals surface area contributed by atoms with E-state index >= 15 is 0 Å². The second-order valence-corrected chi connectivity index (χ2v) is 7.91. The van der Waals surface area contributed by atoms with Crippen molar-refractivity contribution in [1.29, 1.82) is 0 Å². The molecule has 25 heavy (non-hydrogen) atoms. The van der Waals surface area contributed by atoms with Crippen LogP contribution in [0.15, 0.2) is 30.3 Å². The van der Waals surface area contributed by atoms with Gasteiger partial charge in [0, 0.05) is 24.9 Å². The van der Waals surface area contributed by atoms with Crippen molar-refractivity contribution in [2.24, 2.45) is 11.3 Å². The lowest BCUT2D eigenvalue weighted by Crippen LogP contribution is -2.46. The summed E-state index contributed by atoms with van der Waals surface area (Å²) in [5.41, 5.74) is 0.959. The molecule has 1 N–H and O–H groups in total. The van der Waals surface area contributed by atoms with Crippen molar-refractivity contribution in [3.8, 4) is 0 Å². The lowest BCUT2D eigenvalue weighted by Gasteiger charge is -2.37. The number of benzene rings is 1. The van der Waals surface area contributed by atoms with E-state index in [0.717, 1.165) is 38.6 Å². The van der Waals surface area contributed by atoms with Crippen LogP contribution in [0.2, 0.25) is 0 Å². The van der Waals surface area contributed by atoms with Crippen molar-refractivity contribution in [2.75, 3.05) is 13.1 Å². The maximum absolute atomic E-state index is 13.0. The van der Waals surface area contributed by atoms with Gasteiger partial charge in [0.05, 0.1) is 0 Å². The standard InChI is InChI=1S/C21H31NO3/c1-21(2,14-6-10-17-8-4-3-5-9-17)20(25)22-15-7-11-18(16-22)12-13-19(23)24/h3-5,8-9,18H,6-7,10-16H2,1-2H3,(H,23,24). The molecule has 0 bridgehead atoms. The van der Waals surface area contributed by atoms with Crippen LogP contribution in [0.1, 0.15) is 57.9 Å². The van der Waals surface area contributed by atoms with Crippen LogP contribution in [0.25, 0.3) is 0 Å². The molecule has 1 aliphatic heterocycles. The maximum Gasteiger partial charge on any atom is 0.303 e. The first-order valence-corrected chi connectivity index (χ1v) is 9.43. The number of nitrogens with zero attached hydrogens (tertiary/aromatic N) is 1. The first kappa shape index (κ1) is 19.5. The Kier molecular flexibility index (Phi) is 7.03. The summed E-state index contributed by atoms with van der Waals surface area (Å²) in [5.74, 6) is -0.195. The number of hydrogen-bond acceptors (Lipinski definition) is 2. The molecule has 0 radical (unpaired) electrons. The highest BCUT2D eigenvalue weighted by molar-refractivity contribution is 5.82. The number of rotatable bonds is 8. The molecule has 1 saturated heterocycles. The molecule has 1 aromatic rings. The molecule has 1 aromatic carbocycles. The summed E-state index contributed by atoms with van der Waals surface area (Å²) >= 11 is 0. The largest absolute Gasteiger partial charge is 0.481 e. The quantitative estimate of drug-likeness (QED) is 0.770. The molecule has 1 aliphatic rings. The van der Waals surface area contributed by atoms with Crippen LogP contribution < -0.4 is 0 Å². The molecule has 138 valence electrons. The summed E-state index contributed by atoms with van der Waals surface area (Å²) in [6.07, 6.45) is 5.76. The van der Waals surface area contributed by atoms with Crippen LogP contribution in [0, 0.1) is 11.3 Å². The first-order valence-electron chi connectivity index (χ1n) is 9.43. The summed E-state index contributed by atoms with van der Waals surface area (Å²) in [7, 11) is 0. The molecule has 2 rings (SSSR count). The van der Waals surface area contributed by atoms with Crippen LogP contribution >= 0.6 is 0 Å². The summed E-state index contributed by atoms with van der Waals surface area (Å²) in [4.78, 5) is 25.7. The average Bonchev–Trinajstić information content (AvgIpc) is 2.60. The van der Waals surface area contributed by atoms with Crippen molar-refractivity contribution in [2.45, 2.75) is 58.8 Å². The number of amides is 1. The molecule has 0 spiro atoms. The van der Waals surface area contributed by atoms with Gasteiger partial charge in [-0.2, -0.15) is 0 Å². The molecule has 0 aliphatic carbocycles. The Bertz CT molecular complexity index is 568. The van der Waals surface area contributed by atoms with Gasteiger partial charge >= 0.3 is 5.97 Å². The summed E-state index contributed by atoms with van der Waals surface area (Å²) < 4.78 is 0. The second kappa shape index (κ2) is 9.02. The highest BCUT2D eigenvalue weighted by atomic mass is 16.4. The number of carboxylic acids is 1. The van der Waals surface area contributed by atoms with E-state index in [9.17, 15) is 9.59 Å². The third kappa shape index (κ3) is 6.18. The van der Waals surface area contributed by atoms with Crippen molar-refractivity contribution in [3.63, 3.8) is 0 Å². The summed E-state index contributed by atoms with van der Waals surface area (Å²) in [6, 6.07) is 10.4. The van der Waals surface area contributed by atoms with Gasteiger partial charge in [0.15, 0.2) is 0 Å². The molecule has 4 nitrogen and oxygen atoms in total. The van der Waals surface area contributed by atoms with Gasteiger partial charge < -0.3 is 10.0 Å². The van der Waals surface area contributed by atoms with Crippen molar-refractivity contribution >= 4 is 11.9 Å². The highest BCUT2D eigenvalue weighted by Crippen LogP contribution is 2.30. The van der Waals surface area contributed by atoms with Crippen LogP contribution in [0.5, 0.6) is 0 Å². The third-order valence-electron chi connectivity index (χ3n) is 5.26. The Hall–Kier alpha value is -1.84. The predicted molar refractivity (Wildman–Crippen MR) is 99.3 cm³/mol. The van der Waals surface area contributed by atoms with Gasteiger partial charge in [-0.1, -0.05) is 44.2 Å². The molecule has 1 fully saturated rings. The number of carbonyl (C=O) groups excluding carboxylic acids is 1. The smallest absolute Gasteiger partial charge is 0.303 e.